The summed E-state index contributed by atoms with van der Waals surface area (Å²) >= 11 is 0. The number of hydrogen-bond acceptors (Lipinski definition) is 3. The van der Waals surface area contributed by atoms with E-state index < -0.39 is 0 Å². The van der Waals surface area contributed by atoms with Crippen LogP contribution in [0.15, 0.2) is 24.3 Å². The summed E-state index contributed by atoms with van der Waals surface area (Å²) in [7, 11) is 1.60. The molecular weight excluding hydrogens is 240 g/mol. The van der Waals surface area contributed by atoms with Crippen LogP contribution >= 0.6 is 0 Å². The first-order chi connectivity index (χ1) is 9.29. The summed E-state index contributed by atoms with van der Waals surface area (Å²) in [5.41, 5.74) is 0.660. The zero-order chi connectivity index (χ0) is 13.5. The summed E-state index contributed by atoms with van der Waals surface area (Å²) in [6, 6.07) is 7.24. The van der Waals surface area contributed by atoms with Gasteiger partial charge in [-0.25, -0.2) is 0 Å². The predicted octanol–water partition coefficient (Wildman–Crippen LogP) is 3.62. The number of Topliss-reactive ketones (excluding diaryl/α,β-unsaturated/α-hetero) is 1. The highest BCUT2D eigenvalue weighted by molar-refractivity contribution is 5.97. The molecule has 0 aliphatic heterocycles. The van der Waals surface area contributed by atoms with Crippen molar-refractivity contribution in [3.8, 4) is 5.75 Å². The normalized spacial score (nSPS) is 16.9. The van der Waals surface area contributed by atoms with Gasteiger partial charge in [-0.1, -0.05) is 37.8 Å². The number of rotatable bonds is 5. The van der Waals surface area contributed by atoms with Crippen LogP contribution in [0.2, 0.25) is 0 Å². The highest BCUT2D eigenvalue weighted by atomic mass is 16.5. The Balaban J connectivity index is 1.85. The van der Waals surface area contributed by atoms with Gasteiger partial charge in [0, 0.05) is 5.56 Å². The van der Waals surface area contributed by atoms with Crippen molar-refractivity contribution in [2.45, 2.75) is 44.6 Å². The van der Waals surface area contributed by atoms with Gasteiger partial charge in [0.15, 0.2) is 5.78 Å². The number of hydrogen-bond donors (Lipinski definition) is 0. The average Bonchev–Trinajstić information content (AvgIpc) is 2.73. The fourth-order valence-electron chi connectivity index (χ4n) is 2.48. The third-order valence-electron chi connectivity index (χ3n) is 3.64. The summed E-state index contributed by atoms with van der Waals surface area (Å²) in [4.78, 5) is 12.1. The van der Waals surface area contributed by atoms with Gasteiger partial charge in [-0.3, -0.25) is 4.79 Å². The van der Waals surface area contributed by atoms with Crippen LogP contribution in [0.1, 0.15) is 48.9 Å². The van der Waals surface area contributed by atoms with Gasteiger partial charge in [0.05, 0.1) is 13.2 Å². The summed E-state index contributed by atoms with van der Waals surface area (Å²) in [6.07, 6.45) is 7.47. The van der Waals surface area contributed by atoms with E-state index in [0.717, 1.165) is 12.8 Å². The van der Waals surface area contributed by atoms with Crippen LogP contribution in [0.4, 0.5) is 0 Å². The molecule has 2 rings (SSSR count). The molecule has 0 saturated heterocycles. The standard InChI is InChI=1S/C16H22O3/c1-18-15-10-6-7-13(11-15)16(17)12-19-14-8-4-2-3-5-9-14/h6-7,10-11,14H,2-5,8-9,12H2,1H3. The first-order valence-electron chi connectivity index (χ1n) is 7.08. The maximum Gasteiger partial charge on any atom is 0.188 e. The topological polar surface area (TPSA) is 35.5 Å². The molecule has 0 radical (unpaired) electrons. The Morgan fingerprint density at radius 2 is 1.95 bits per heavy atom. The fraction of sp³-hybridized carbons (Fsp3) is 0.562. The Bertz CT molecular complexity index is 406. The monoisotopic (exact) mass is 262 g/mol. The lowest BCUT2D eigenvalue weighted by atomic mass is 10.1. The molecule has 0 aromatic heterocycles. The molecule has 1 aromatic rings. The second-order valence-corrected chi connectivity index (χ2v) is 5.08. The SMILES string of the molecule is COc1cccc(C(=O)COC2CCCCCC2)c1. The van der Waals surface area contributed by atoms with E-state index in [4.69, 9.17) is 9.47 Å². The van der Waals surface area contributed by atoms with E-state index >= 15 is 0 Å². The van der Waals surface area contributed by atoms with Gasteiger partial charge >= 0.3 is 0 Å². The minimum absolute atomic E-state index is 0.0307. The fourth-order valence-corrected chi connectivity index (χ4v) is 2.48. The van der Waals surface area contributed by atoms with Crippen LogP contribution < -0.4 is 4.74 Å². The summed E-state index contributed by atoms with van der Waals surface area (Å²) < 4.78 is 10.9. The smallest absolute Gasteiger partial charge is 0.188 e. The van der Waals surface area contributed by atoms with Crippen LogP contribution in [-0.4, -0.2) is 25.6 Å². The van der Waals surface area contributed by atoms with Crippen molar-refractivity contribution < 1.29 is 14.3 Å². The Morgan fingerprint density at radius 3 is 2.63 bits per heavy atom. The molecule has 0 amide bonds. The second-order valence-electron chi connectivity index (χ2n) is 5.08. The quantitative estimate of drug-likeness (QED) is 0.600. The molecule has 0 N–H and O–H groups in total. The van der Waals surface area contributed by atoms with Gasteiger partial charge in [-0.15, -0.1) is 0 Å². The van der Waals surface area contributed by atoms with Crippen molar-refractivity contribution in [2.24, 2.45) is 0 Å². The van der Waals surface area contributed by atoms with Crippen LogP contribution in [-0.2, 0) is 4.74 Å². The third-order valence-corrected chi connectivity index (χ3v) is 3.64. The highest BCUT2D eigenvalue weighted by Crippen LogP contribution is 2.20. The summed E-state index contributed by atoms with van der Waals surface area (Å²) in [6.45, 7) is 0.178. The van der Waals surface area contributed by atoms with E-state index in [9.17, 15) is 4.79 Å². The van der Waals surface area contributed by atoms with Gasteiger partial charge in [0.25, 0.3) is 0 Å². The van der Waals surface area contributed by atoms with E-state index in [1.807, 2.05) is 12.1 Å². The number of ketones is 1. The van der Waals surface area contributed by atoms with E-state index in [2.05, 4.69) is 0 Å². The van der Waals surface area contributed by atoms with Crippen LogP contribution in [0.5, 0.6) is 5.75 Å². The van der Waals surface area contributed by atoms with Crippen molar-refractivity contribution in [1.29, 1.82) is 0 Å². The Labute approximate surface area is 114 Å². The first-order valence-corrected chi connectivity index (χ1v) is 7.08. The Kier molecular flexibility index (Phi) is 5.40. The number of benzene rings is 1. The van der Waals surface area contributed by atoms with Gasteiger partial charge in [-0.2, -0.15) is 0 Å². The summed E-state index contributed by atoms with van der Waals surface area (Å²) in [5, 5.41) is 0. The first kappa shape index (κ1) is 14.1. The van der Waals surface area contributed by atoms with E-state index in [1.165, 1.54) is 25.7 Å². The number of methoxy groups -OCH3 is 1. The van der Waals surface area contributed by atoms with Crippen molar-refractivity contribution in [2.75, 3.05) is 13.7 Å². The molecule has 1 aliphatic carbocycles. The minimum Gasteiger partial charge on any atom is -0.497 e. The molecule has 0 unspecified atom stereocenters. The lowest BCUT2D eigenvalue weighted by molar-refractivity contribution is 0.0389. The zero-order valence-electron chi connectivity index (χ0n) is 11.6. The summed E-state index contributed by atoms with van der Waals surface area (Å²) in [5.74, 6) is 0.739. The van der Waals surface area contributed by atoms with E-state index in [1.54, 1.807) is 19.2 Å². The molecule has 0 atom stereocenters. The largest absolute Gasteiger partial charge is 0.497 e. The number of carbonyl (C=O) groups is 1. The molecule has 1 aliphatic rings. The molecular formula is C16H22O3. The van der Waals surface area contributed by atoms with Crippen LogP contribution in [0, 0.1) is 0 Å². The molecule has 3 heteroatoms. The number of carbonyl (C=O) groups excluding carboxylic acids is 1. The predicted molar refractivity (Wildman–Crippen MR) is 74.8 cm³/mol. The lowest BCUT2D eigenvalue weighted by Gasteiger charge is -2.14. The molecule has 0 heterocycles. The van der Waals surface area contributed by atoms with Gasteiger partial charge in [0.1, 0.15) is 12.4 Å². The van der Waals surface area contributed by atoms with Crippen molar-refractivity contribution in [1.82, 2.24) is 0 Å². The third kappa shape index (κ3) is 4.35. The van der Waals surface area contributed by atoms with Crippen LogP contribution in [0.3, 0.4) is 0 Å². The molecule has 1 aromatic carbocycles. The lowest BCUT2D eigenvalue weighted by Crippen LogP contribution is -2.18. The molecule has 3 nitrogen and oxygen atoms in total. The maximum atomic E-state index is 12.1. The number of ether oxygens (including phenoxy) is 2. The Morgan fingerprint density at radius 1 is 1.21 bits per heavy atom. The molecule has 0 spiro atoms. The van der Waals surface area contributed by atoms with Crippen molar-refractivity contribution >= 4 is 5.78 Å². The van der Waals surface area contributed by atoms with Gasteiger partial charge in [0.2, 0.25) is 0 Å². The molecule has 1 fully saturated rings. The average molecular weight is 262 g/mol. The highest BCUT2D eigenvalue weighted by Gasteiger charge is 2.15. The minimum atomic E-state index is 0.0307. The Hall–Kier alpha value is -1.35. The molecule has 1 saturated carbocycles. The molecule has 0 bridgehead atoms. The van der Waals surface area contributed by atoms with Crippen molar-refractivity contribution in [3.05, 3.63) is 29.8 Å². The van der Waals surface area contributed by atoms with E-state index in [-0.39, 0.29) is 18.5 Å². The maximum absolute atomic E-state index is 12.1. The van der Waals surface area contributed by atoms with Crippen molar-refractivity contribution in [3.63, 3.8) is 0 Å². The zero-order valence-corrected chi connectivity index (χ0v) is 11.6. The van der Waals surface area contributed by atoms with E-state index in [0.29, 0.717) is 11.3 Å². The van der Waals surface area contributed by atoms with Gasteiger partial charge < -0.3 is 9.47 Å². The molecule has 104 valence electrons. The van der Waals surface area contributed by atoms with Gasteiger partial charge in [-0.05, 0) is 25.0 Å². The second kappa shape index (κ2) is 7.29. The molecule has 19 heavy (non-hydrogen) atoms. The van der Waals surface area contributed by atoms with Crippen LogP contribution in [0.25, 0.3) is 0 Å².